The molecule has 108 valence electrons. The molecule has 1 N–H and O–H groups in total. The molecule has 0 radical (unpaired) electrons. The molecule has 1 amide bonds. The Morgan fingerprint density at radius 3 is 2.50 bits per heavy atom. The van der Waals surface area contributed by atoms with Crippen molar-refractivity contribution in [3.8, 4) is 0 Å². The number of hydrogen-bond donors (Lipinski definition) is 1. The first-order valence-electron chi connectivity index (χ1n) is 7.85. The van der Waals surface area contributed by atoms with E-state index in [-0.39, 0.29) is 11.8 Å². The summed E-state index contributed by atoms with van der Waals surface area (Å²) in [5, 5.41) is 2.99. The Kier molecular flexibility index (Phi) is 4.19. The van der Waals surface area contributed by atoms with Crippen molar-refractivity contribution in [3.63, 3.8) is 0 Å². The van der Waals surface area contributed by atoms with E-state index in [9.17, 15) is 4.79 Å². The third-order valence-electron chi connectivity index (χ3n) is 4.42. The van der Waals surface area contributed by atoms with Gasteiger partial charge in [-0.2, -0.15) is 0 Å². The molecular weight excluding hydrogens is 250 g/mol. The van der Waals surface area contributed by atoms with Crippen molar-refractivity contribution in [2.45, 2.75) is 44.9 Å². The molecule has 0 aromatic carbocycles. The lowest BCUT2D eigenvalue weighted by atomic mass is 10.1. The van der Waals surface area contributed by atoms with Crippen molar-refractivity contribution < 1.29 is 4.79 Å². The number of pyridine rings is 1. The smallest absolute Gasteiger partial charge is 0.227 e. The summed E-state index contributed by atoms with van der Waals surface area (Å²) in [6, 6.07) is 4.00. The van der Waals surface area contributed by atoms with E-state index in [2.05, 4.69) is 15.2 Å². The van der Waals surface area contributed by atoms with Crippen molar-refractivity contribution in [2.24, 2.45) is 5.92 Å². The summed E-state index contributed by atoms with van der Waals surface area (Å²) in [6.45, 7) is 2.20. The van der Waals surface area contributed by atoms with Crippen LogP contribution in [0.25, 0.3) is 0 Å². The second-order valence-electron chi connectivity index (χ2n) is 5.92. The lowest BCUT2D eigenvalue weighted by Gasteiger charge is -2.27. The molecule has 20 heavy (non-hydrogen) atoms. The van der Waals surface area contributed by atoms with Gasteiger partial charge >= 0.3 is 0 Å². The van der Waals surface area contributed by atoms with Gasteiger partial charge in [-0.25, -0.2) is 4.98 Å². The monoisotopic (exact) mass is 273 g/mol. The molecule has 1 aliphatic carbocycles. The highest BCUT2D eigenvalue weighted by Crippen LogP contribution is 2.26. The Labute approximate surface area is 120 Å². The van der Waals surface area contributed by atoms with Gasteiger partial charge in [-0.05, 0) is 44.2 Å². The summed E-state index contributed by atoms with van der Waals surface area (Å²) in [7, 11) is 0. The minimum atomic E-state index is 0.162. The van der Waals surface area contributed by atoms with Crippen LogP contribution in [-0.4, -0.2) is 24.0 Å². The lowest BCUT2D eigenvalue weighted by molar-refractivity contribution is -0.119. The lowest BCUT2D eigenvalue weighted by Crippen LogP contribution is -2.30. The number of aromatic nitrogens is 1. The SMILES string of the molecule is O=C(Nc1ccc(N2CCCCC2)nc1)C1CCCC1. The highest BCUT2D eigenvalue weighted by molar-refractivity contribution is 5.92. The Morgan fingerprint density at radius 1 is 1.10 bits per heavy atom. The summed E-state index contributed by atoms with van der Waals surface area (Å²) in [5.41, 5.74) is 0.822. The summed E-state index contributed by atoms with van der Waals surface area (Å²) in [6.07, 6.45) is 10.1. The van der Waals surface area contributed by atoms with Crippen LogP contribution in [0.1, 0.15) is 44.9 Å². The fraction of sp³-hybridized carbons (Fsp3) is 0.625. The molecule has 1 aromatic rings. The van der Waals surface area contributed by atoms with Crippen molar-refractivity contribution in [3.05, 3.63) is 18.3 Å². The number of piperidine rings is 1. The van der Waals surface area contributed by atoms with Gasteiger partial charge in [-0.1, -0.05) is 12.8 Å². The third kappa shape index (κ3) is 3.11. The summed E-state index contributed by atoms with van der Waals surface area (Å²) in [5.74, 6) is 1.40. The average Bonchev–Trinajstić information content (AvgIpc) is 3.03. The fourth-order valence-electron chi connectivity index (χ4n) is 3.20. The molecule has 4 nitrogen and oxygen atoms in total. The molecule has 2 fully saturated rings. The Balaban J connectivity index is 1.59. The van der Waals surface area contributed by atoms with Crippen LogP contribution in [0.4, 0.5) is 11.5 Å². The molecule has 1 saturated carbocycles. The minimum absolute atomic E-state index is 0.162. The number of rotatable bonds is 3. The maximum Gasteiger partial charge on any atom is 0.227 e. The molecule has 4 heteroatoms. The van der Waals surface area contributed by atoms with Crippen molar-refractivity contribution in [1.82, 2.24) is 4.98 Å². The molecule has 0 bridgehead atoms. The minimum Gasteiger partial charge on any atom is -0.357 e. The maximum atomic E-state index is 12.1. The van der Waals surface area contributed by atoms with E-state index in [4.69, 9.17) is 0 Å². The van der Waals surface area contributed by atoms with E-state index >= 15 is 0 Å². The predicted molar refractivity (Wildman–Crippen MR) is 80.9 cm³/mol. The van der Waals surface area contributed by atoms with Gasteiger partial charge < -0.3 is 10.2 Å². The van der Waals surface area contributed by atoms with Crippen molar-refractivity contribution >= 4 is 17.4 Å². The number of nitrogens with zero attached hydrogens (tertiary/aromatic N) is 2. The van der Waals surface area contributed by atoms with Gasteiger partial charge in [-0.3, -0.25) is 4.79 Å². The Morgan fingerprint density at radius 2 is 1.85 bits per heavy atom. The quantitative estimate of drug-likeness (QED) is 0.920. The summed E-state index contributed by atoms with van der Waals surface area (Å²) >= 11 is 0. The van der Waals surface area contributed by atoms with E-state index in [0.717, 1.165) is 37.4 Å². The first-order chi connectivity index (χ1) is 9.83. The van der Waals surface area contributed by atoms with Crippen LogP contribution >= 0.6 is 0 Å². The van der Waals surface area contributed by atoms with Crippen LogP contribution in [0.5, 0.6) is 0 Å². The number of nitrogens with one attached hydrogen (secondary N) is 1. The van der Waals surface area contributed by atoms with E-state index < -0.39 is 0 Å². The average molecular weight is 273 g/mol. The number of amides is 1. The standard InChI is InChI=1S/C16H23N3O/c20-16(13-6-2-3-7-13)18-14-8-9-15(17-12-14)19-10-4-1-5-11-19/h8-9,12-13H,1-7,10-11H2,(H,18,20). The predicted octanol–water partition coefficient (Wildman–Crippen LogP) is 3.20. The molecule has 0 atom stereocenters. The molecular formula is C16H23N3O. The molecule has 1 aromatic heterocycles. The van der Waals surface area contributed by atoms with Crippen LogP contribution in [0, 0.1) is 5.92 Å². The van der Waals surface area contributed by atoms with Gasteiger partial charge in [0.2, 0.25) is 5.91 Å². The molecule has 2 aliphatic rings. The normalized spacial score (nSPS) is 20.1. The molecule has 2 heterocycles. The van der Waals surface area contributed by atoms with E-state index in [1.165, 1.54) is 32.1 Å². The number of hydrogen-bond acceptors (Lipinski definition) is 3. The molecule has 3 rings (SSSR count). The van der Waals surface area contributed by atoms with Gasteiger partial charge in [0.05, 0.1) is 11.9 Å². The number of carbonyl (C=O) groups is 1. The Hall–Kier alpha value is -1.58. The topological polar surface area (TPSA) is 45.2 Å². The number of carbonyl (C=O) groups excluding carboxylic acids is 1. The zero-order valence-electron chi connectivity index (χ0n) is 12.0. The van der Waals surface area contributed by atoms with Crippen LogP contribution in [-0.2, 0) is 4.79 Å². The van der Waals surface area contributed by atoms with Crippen molar-refractivity contribution in [1.29, 1.82) is 0 Å². The molecule has 1 saturated heterocycles. The first-order valence-corrected chi connectivity index (χ1v) is 7.85. The molecule has 1 aliphatic heterocycles. The summed E-state index contributed by atoms with van der Waals surface area (Å²) < 4.78 is 0. The first kappa shape index (κ1) is 13.4. The van der Waals surface area contributed by atoms with E-state index in [1.807, 2.05) is 12.1 Å². The van der Waals surface area contributed by atoms with Crippen LogP contribution in [0.15, 0.2) is 18.3 Å². The Bertz CT molecular complexity index is 445. The third-order valence-corrected chi connectivity index (χ3v) is 4.42. The highest BCUT2D eigenvalue weighted by Gasteiger charge is 2.22. The van der Waals surface area contributed by atoms with E-state index in [1.54, 1.807) is 6.20 Å². The fourth-order valence-corrected chi connectivity index (χ4v) is 3.20. The van der Waals surface area contributed by atoms with Crippen LogP contribution in [0.3, 0.4) is 0 Å². The van der Waals surface area contributed by atoms with Gasteiger partial charge in [0.1, 0.15) is 5.82 Å². The largest absolute Gasteiger partial charge is 0.357 e. The maximum absolute atomic E-state index is 12.1. The zero-order valence-corrected chi connectivity index (χ0v) is 12.0. The highest BCUT2D eigenvalue weighted by atomic mass is 16.1. The van der Waals surface area contributed by atoms with Gasteiger partial charge in [0.15, 0.2) is 0 Å². The zero-order chi connectivity index (χ0) is 13.8. The van der Waals surface area contributed by atoms with Crippen molar-refractivity contribution in [2.75, 3.05) is 23.3 Å². The van der Waals surface area contributed by atoms with E-state index in [0.29, 0.717) is 0 Å². The van der Waals surface area contributed by atoms with Crippen LogP contribution < -0.4 is 10.2 Å². The van der Waals surface area contributed by atoms with Gasteiger partial charge in [0.25, 0.3) is 0 Å². The van der Waals surface area contributed by atoms with Crippen LogP contribution in [0.2, 0.25) is 0 Å². The summed E-state index contributed by atoms with van der Waals surface area (Å²) in [4.78, 5) is 18.9. The molecule has 0 spiro atoms. The second kappa shape index (κ2) is 6.25. The van der Waals surface area contributed by atoms with Gasteiger partial charge in [0, 0.05) is 19.0 Å². The number of anilines is 2. The van der Waals surface area contributed by atoms with Gasteiger partial charge in [-0.15, -0.1) is 0 Å². The second-order valence-corrected chi connectivity index (χ2v) is 5.92. The molecule has 0 unspecified atom stereocenters.